The lowest BCUT2D eigenvalue weighted by Gasteiger charge is -2.12. The molecule has 1 aromatic carbocycles. The first-order chi connectivity index (χ1) is 9.63. The molecule has 0 unspecified atom stereocenters. The van der Waals surface area contributed by atoms with Gasteiger partial charge in [-0.3, -0.25) is 9.69 Å². The number of carbonyl (C=O) groups is 1. The molecule has 0 spiro atoms. The van der Waals surface area contributed by atoms with Gasteiger partial charge in [0.05, 0.1) is 4.91 Å². The van der Waals surface area contributed by atoms with E-state index in [9.17, 15) is 4.79 Å². The maximum atomic E-state index is 12.0. The molecule has 1 amide bonds. The maximum Gasteiger partial charge on any atom is 0.266 e. The van der Waals surface area contributed by atoms with Crippen molar-refractivity contribution >= 4 is 39.9 Å². The van der Waals surface area contributed by atoms with Gasteiger partial charge in [0, 0.05) is 25.5 Å². The fraction of sp³-hybridized carbons (Fsp3) is 0.200. The quantitative estimate of drug-likeness (QED) is 0.628. The minimum absolute atomic E-state index is 0.00508. The number of thiocarbonyl (C=S) groups is 1. The molecule has 5 heteroatoms. The molecular formula is C15H16N2OS2. The molecule has 1 aromatic rings. The number of carbonyl (C=O) groups excluding carboxylic acids is 1. The van der Waals surface area contributed by atoms with Crippen molar-refractivity contribution in [2.24, 2.45) is 0 Å². The number of likely N-dealkylation sites (N-methyl/N-ethyl adjacent to an activating group) is 1. The van der Waals surface area contributed by atoms with Gasteiger partial charge < -0.3 is 4.90 Å². The third-order valence-corrected chi connectivity index (χ3v) is 4.31. The van der Waals surface area contributed by atoms with Crippen LogP contribution in [0.3, 0.4) is 0 Å². The molecule has 1 aliphatic heterocycles. The highest BCUT2D eigenvalue weighted by Crippen LogP contribution is 2.30. The van der Waals surface area contributed by atoms with Gasteiger partial charge >= 0.3 is 0 Å². The third kappa shape index (κ3) is 3.29. The van der Waals surface area contributed by atoms with Crippen molar-refractivity contribution in [3.63, 3.8) is 0 Å². The number of amides is 1. The Morgan fingerprint density at radius 3 is 2.65 bits per heavy atom. The van der Waals surface area contributed by atoms with Gasteiger partial charge in [-0.1, -0.05) is 42.2 Å². The molecule has 104 valence electrons. The molecule has 2 rings (SSSR count). The largest absolute Gasteiger partial charge is 0.351 e. The highest BCUT2D eigenvalue weighted by molar-refractivity contribution is 8.26. The monoisotopic (exact) mass is 304 g/mol. The molecule has 0 radical (unpaired) electrons. The SMILES string of the molecule is CCN1C(=O)/C(=C/C=C/N(C)c2ccccc2)SC1=S. The number of hydrogen-bond donors (Lipinski definition) is 0. The van der Waals surface area contributed by atoms with Crippen LogP contribution < -0.4 is 4.90 Å². The topological polar surface area (TPSA) is 23.6 Å². The summed E-state index contributed by atoms with van der Waals surface area (Å²) in [4.78, 5) is 16.3. The molecule has 1 heterocycles. The highest BCUT2D eigenvalue weighted by Gasteiger charge is 2.29. The Kier molecular flexibility index (Phi) is 4.98. The number of para-hydroxylation sites is 1. The summed E-state index contributed by atoms with van der Waals surface area (Å²) in [6.07, 6.45) is 5.61. The van der Waals surface area contributed by atoms with Crippen molar-refractivity contribution in [1.29, 1.82) is 0 Å². The first kappa shape index (κ1) is 14.8. The number of nitrogens with zero attached hydrogens (tertiary/aromatic N) is 2. The van der Waals surface area contributed by atoms with E-state index in [0.717, 1.165) is 5.69 Å². The molecule has 0 aliphatic carbocycles. The summed E-state index contributed by atoms with van der Waals surface area (Å²) in [6.45, 7) is 2.54. The van der Waals surface area contributed by atoms with Crippen molar-refractivity contribution in [1.82, 2.24) is 4.90 Å². The zero-order valence-corrected chi connectivity index (χ0v) is 13.1. The third-order valence-electron chi connectivity index (χ3n) is 2.91. The van der Waals surface area contributed by atoms with Gasteiger partial charge in [0.25, 0.3) is 5.91 Å². The van der Waals surface area contributed by atoms with Crippen molar-refractivity contribution in [3.05, 3.63) is 53.6 Å². The lowest BCUT2D eigenvalue weighted by Crippen LogP contribution is -2.27. The number of hydrogen-bond acceptors (Lipinski definition) is 4. The molecule has 0 saturated carbocycles. The second-order valence-corrected chi connectivity index (χ2v) is 5.91. The first-order valence-corrected chi connectivity index (χ1v) is 7.56. The van der Waals surface area contributed by atoms with E-state index < -0.39 is 0 Å². The van der Waals surface area contributed by atoms with Gasteiger partial charge in [-0.2, -0.15) is 0 Å². The fourth-order valence-electron chi connectivity index (χ4n) is 1.80. The standard InChI is InChI=1S/C15H16N2OS2/c1-3-17-14(18)13(20-15(17)19)10-7-11-16(2)12-8-5-4-6-9-12/h4-11H,3H2,1-2H3/b11-7+,13-10-. The number of anilines is 1. The van der Waals surface area contributed by atoms with Gasteiger partial charge in [0.1, 0.15) is 4.32 Å². The summed E-state index contributed by atoms with van der Waals surface area (Å²) >= 11 is 6.52. The van der Waals surface area contributed by atoms with Crippen molar-refractivity contribution < 1.29 is 4.79 Å². The zero-order valence-electron chi connectivity index (χ0n) is 11.4. The maximum absolute atomic E-state index is 12.0. The average Bonchev–Trinajstić information content (AvgIpc) is 2.74. The Balaban J connectivity index is 2.05. The van der Waals surface area contributed by atoms with Gasteiger partial charge in [-0.25, -0.2) is 0 Å². The Labute approximate surface area is 128 Å². The molecular weight excluding hydrogens is 288 g/mol. The molecule has 0 N–H and O–H groups in total. The Morgan fingerprint density at radius 1 is 1.35 bits per heavy atom. The van der Waals surface area contributed by atoms with Gasteiger partial charge in [0.15, 0.2) is 0 Å². The molecule has 0 atom stereocenters. The Hall–Kier alpha value is -1.59. The minimum atomic E-state index is -0.00508. The van der Waals surface area contributed by atoms with Crippen LogP contribution in [-0.2, 0) is 4.79 Å². The first-order valence-electron chi connectivity index (χ1n) is 6.33. The van der Waals surface area contributed by atoms with E-state index >= 15 is 0 Å². The highest BCUT2D eigenvalue weighted by atomic mass is 32.2. The van der Waals surface area contributed by atoms with E-state index in [1.807, 2.05) is 67.6 Å². The number of allylic oxidation sites excluding steroid dienone is 2. The van der Waals surface area contributed by atoms with Crippen LogP contribution in [-0.4, -0.2) is 28.7 Å². The van der Waals surface area contributed by atoms with Crippen LogP contribution in [0.4, 0.5) is 5.69 Å². The lowest BCUT2D eigenvalue weighted by atomic mass is 10.3. The molecule has 1 saturated heterocycles. The Morgan fingerprint density at radius 2 is 2.05 bits per heavy atom. The van der Waals surface area contributed by atoms with Crippen LogP contribution in [0.25, 0.3) is 0 Å². The second kappa shape index (κ2) is 6.72. The van der Waals surface area contributed by atoms with Crippen molar-refractivity contribution in [2.45, 2.75) is 6.92 Å². The molecule has 0 aromatic heterocycles. The molecule has 20 heavy (non-hydrogen) atoms. The van der Waals surface area contributed by atoms with E-state index in [4.69, 9.17) is 12.2 Å². The summed E-state index contributed by atoms with van der Waals surface area (Å²) in [5.74, 6) is -0.00508. The normalized spacial score (nSPS) is 17.5. The predicted molar refractivity (Wildman–Crippen MR) is 89.6 cm³/mol. The average molecular weight is 304 g/mol. The zero-order chi connectivity index (χ0) is 14.5. The summed E-state index contributed by atoms with van der Waals surface area (Å²) < 4.78 is 0.633. The summed E-state index contributed by atoms with van der Waals surface area (Å²) in [6, 6.07) is 10.0. The number of rotatable bonds is 4. The van der Waals surface area contributed by atoms with Crippen LogP contribution in [0, 0.1) is 0 Å². The Bertz CT molecular complexity index is 566. The van der Waals surface area contributed by atoms with Crippen LogP contribution >= 0.6 is 24.0 Å². The molecule has 1 aliphatic rings. The smallest absolute Gasteiger partial charge is 0.266 e. The van der Waals surface area contributed by atoms with Crippen LogP contribution in [0.2, 0.25) is 0 Å². The minimum Gasteiger partial charge on any atom is -0.351 e. The molecule has 0 bridgehead atoms. The molecule has 3 nitrogen and oxygen atoms in total. The molecule has 1 fully saturated rings. The fourth-order valence-corrected chi connectivity index (χ4v) is 3.13. The number of thioether (sulfide) groups is 1. The van der Waals surface area contributed by atoms with E-state index in [2.05, 4.69) is 0 Å². The van der Waals surface area contributed by atoms with Crippen LogP contribution in [0.5, 0.6) is 0 Å². The van der Waals surface area contributed by atoms with E-state index in [1.165, 1.54) is 11.8 Å². The summed E-state index contributed by atoms with van der Waals surface area (Å²) in [5, 5.41) is 0. The van der Waals surface area contributed by atoms with Crippen LogP contribution in [0.15, 0.2) is 53.6 Å². The van der Waals surface area contributed by atoms with Crippen molar-refractivity contribution in [2.75, 3.05) is 18.5 Å². The summed E-state index contributed by atoms with van der Waals surface area (Å²) in [7, 11) is 1.97. The van der Waals surface area contributed by atoms with Gasteiger partial charge in [-0.05, 0) is 31.2 Å². The van der Waals surface area contributed by atoms with Gasteiger partial charge in [-0.15, -0.1) is 0 Å². The van der Waals surface area contributed by atoms with Gasteiger partial charge in [0.2, 0.25) is 0 Å². The van der Waals surface area contributed by atoms with E-state index in [0.29, 0.717) is 15.8 Å². The van der Waals surface area contributed by atoms with Crippen LogP contribution in [0.1, 0.15) is 6.92 Å². The second-order valence-electron chi connectivity index (χ2n) is 4.24. The van der Waals surface area contributed by atoms with E-state index in [-0.39, 0.29) is 5.91 Å². The van der Waals surface area contributed by atoms with Crippen molar-refractivity contribution in [3.8, 4) is 0 Å². The van der Waals surface area contributed by atoms with E-state index in [1.54, 1.807) is 4.90 Å². The number of benzene rings is 1. The lowest BCUT2D eigenvalue weighted by molar-refractivity contribution is -0.122. The predicted octanol–water partition coefficient (Wildman–Crippen LogP) is 3.40. The summed E-state index contributed by atoms with van der Waals surface area (Å²) in [5.41, 5.74) is 1.10.